The average Bonchev–Trinajstić information content (AvgIpc) is 2.64. The maximum Gasteiger partial charge on any atom is 0.255 e. The first-order valence-corrected chi connectivity index (χ1v) is 7.92. The Morgan fingerprint density at radius 2 is 1.58 bits per heavy atom. The maximum atomic E-state index is 12.5. The molecule has 0 bridgehead atoms. The first kappa shape index (κ1) is 15.7. The molecular weight excluding hydrogens is 298 g/mol. The number of hydrogen-bond acceptors (Lipinski definition) is 3. The average molecular weight is 317 g/mol. The smallest absolute Gasteiger partial charge is 0.255 e. The second-order valence-corrected chi connectivity index (χ2v) is 5.38. The Balaban J connectivity index is 1.64. The summed E-state index contributed by atoms with van der Waals surface area (Å²) in [6, 6.07) is 23.3. The van der Waals surface area contributed by atoms with Crippen molar-refractivity contribution in [1.82, 2.24) is 10.3 Å². The van der Waals surface area contributed by atoms with Crippen LogP contribution >= 0.6 is 0 Å². The largest absolute Gasteiger partial charge is 0.352 e. The molecule has 0 fully saturated rings. The van der Waals surface area contributed by atoms with Gasteiger partial charge in [-0.2, -0.15) is 0 Å². The quantitative estimate of drug-likeness (QED) is 0.727. The van der Waals surface area contributed by atoms with Gasteiger partial charge in [0.2, 0.25) is 0 Å². The minimum Gasteiger partial charge on any atom is -0.352 e. The third-order valence-electron chi connectivity index (χ3n) is 3.63. The predicted octanol–water partition coefficient (Wildman–Crippen LogP) is 3.80. The van der Waals surface area contributed by atoms with E-state index in [9.17, 15) is 4.79 Å². The summed E-state index contributed by atoms with van der Waals surface area (Å²) in [6.45, 7) is 0.586. The minimum absolute atomic E-state index is 0.127. The lowest BCUT2D eigenvalue weighted by molar-refractivity contribution is 0.0954. The Bertz CT molecular complexity index is 788. The number of rotatable bonds is 6. The van der Waals surface area contributed by atoms with Gasteiger partial charge >= 0.3 is 0 Å². The molecule has 0 radical (unpaired) electrons. The number of amides is 1. The fourth-order valence-electron chi connectivity index (χ4n) is 2.41. The van der Waals surface area contributed by atoms with E-state index < -0.39 is 0 Å². The highest BCUT2D eigenvalue weighted by Crippen LogP contribution is 2.17. The summed E-state index contributed by atoms with van der Waals surface area (Å²) in [5.41, 5.74) is 2.63. The Morgan fingerprint density at radius 3 is 2.33 bits per heavy atom. The highest BCUT2D eigenvalue weighted by molar-refractivity contribution is 5.99. The van der Waals surface area contributed by atoms with Crippen LogP contribution in [0.3, 0.4) is 0 Å². The lowest BCUT2D eigenvalue weighted by Crippen LogP contribution is -2.26. The van der Waals surface area contributed by atoms with Crippen LogP contribution in [0.2, 0.25) is 0 Å². The van der Waals surface area contributed by atoms with Crippen LogP contribution in [0.15, 0.2) is 79.0 Å². The third kappa shape index (κ3) is 4.20. The monoisotopic (exact) mass is 317 g/mol. The number of hydrogen-bond donors (Lipinski definition) is 2. The van der Waals surface area contributed by atoms with Gasteiger partial charge in [0.1, 0.15) is 5.82 Å². The standard InChI is InChI=1S/C20H19N3O/c24-20(22-15-13-16-8-3-1-4-9-16)18-12-7-14-21-19(18)23-17-10-5-2-6-11-17/h1-12,14H,13,15H2,(H,21,23)(H,22,24). The fraction of sp³-hybridized carbons (Fsp3) is 0.100. The molecular formula is C20H19N3O. The molecule has 0 aliphatic rings. The Labute approximate surface area is 141 Å². The third-order valence-corrected chi connectivity index (χ3v) is 3.63. The SMILES string of the molecule is O=C(NCCc1ccccc1)c1cccnc1Nc1ccccc1. The first-order chi connectivity index (χ1) is 11.8. The van der Waals surface area contributed by atoms with Crippen LogP contribution in [0.4, 0.5) is 11.5 Å². The van der Waals surface area contributed by atoms with Crippen LogP contribution < -0.4 is 10.6 Å². The number of para-hydroxylation sites is 1. The number of carbonyl (C=O) groups is 1. The molecule has 4 heteroatoms. The Kier molecular flexibility index (Phi) is 5.20. The number of aromatic nitrogens is 1. The normalized spacial score (nSPS) is 10.2. The topological polar surface area (TPSA) is 54.0 Å². The van der Waals surface area contributed by atoms with E-state index in [4.69, 9.17) is 0 Å². The maximum absolute atomic E-state index is 12.5. The van der Waals surface area contributed by atoms with Crippen molar-refractivity contribution >= 4 is 17.4 Å². The van der Waals surface area contributed by atoms with Crippen molar-refractivity contribution in [2.75, 3.05) is 11.9 Å². The van der Waals surface area contributed by atoms with Gasteiger partial charge in [-0.15, -0.1) is 0 Å². The molecule has 0 saturated heterocycles. The van der Waals surface area contributed by atoms with Crippen molar-refractivity contribution in [2.45, 2.75) is 6.42 Å². The number of anilines is 2. The van der Waals surface area contributed by atoms with Crippen molar-refractivity contribution in [1.29, 1.82) is 0 Å². The van der Waals surface area contributed by atoms with Crippen molar-refractivity contribution in [2.24, 2.45) is 0 Å². The highest BCUT2D eigenvalue weighted by atomic mass is 16.1. The van der Waals surface area contributed by atoms with Gasteiger partial charge < -0.3 is 10.6 Å². The summed E-state index contributed by atoms with van der Waals surface area (Å²) in [6.07, 6.45) is 2.47. The molecule has 1 heterocycles. The van der Waals surface area contributed by atoms with E-state index in [1.54, 1.807) is 18.3 Å². The van der Waals surface area contributed by atoms with Gasteiger partial charge in [0, 0.05) is 18.4 Å². The Morgan fingerprint density at radius 1 is 0.875 bits per heavy atom. The van der Waals surface area contributed by atoms with Crippen molar-refractivity contribution in [3.05, 3.63) is 90.1 Å². The van der Waals surface area contributed by atoms with E-state index in [2.05, 4.69) is 27.8 Å². The number of benzene rings is 2. The van der Waals surface area contributed by atoms with Crippen LogP contribution in [0, 0.1) is 0 Å². The summed E-state index contributed by atoms with van der Waals surface area (Å²) in [7, 11) is 0. The first-order valence-electron chi connectivity index (χ1n) is 7.92. The minimum atomic E-state index is -0.127. The summed E-state index contributed by atoms with van der Waals surface area (Å²) in [5.74, 6) is 0.429. The van der Waals surface area contributed by atoms with E-state index in [-0.39, 0.29) is 5.91 Å². The molecule has 0 spiro atoms. The summed E-state index contributed by atoms with van der Waals surface area (Å²) >= 11 is 0. The van der Waals surface area contributed by atoms with Gasteiger partial charge in [0.15, 0.2) is 0 Å². The molecule has 24 heavy (non-hydrogen) atoms. The highest BCUT2D eigenvalue weighted by Gasteiger charge is 2.11. The molecule has 0 saturated carbocycles. The summed E-state index contributed by atoms with van der Waals surface area (Å²) in [5, 5.41) is 6.14. The Hall–Kier alpha value is -3.14. The predicted molar refractivity (Wildman–Crippen MR) is 96.4 cm³/mol. The van der Waals surface area contributed by atoms with Crippen LogP contribution in [0.1, 0.15) is 15.9 Å². The number of nitrogens with zero attached hydrogens (tertiary/aromatic N) is 1. The molecule has 2 aromatic carbocycles. The van der Waals surface area contributed by atoms with Crippen molar-refractivity contribution in [3.8, 4) is 0 Å². The van der Waals surface area contributed by atoms with Crippen molar-refractivity contribution < 1.29 is 4.79 Å². The molecule has 1 amide bonds. The van der Waals surface area contributed by atoms with Gasteiger partial charge in [-0.3, -0.25) is 4.79 Å². The number of pyridine rings is 1. The van der Waals surface area contributed by atoms with Gasteiger partial charge in [0.25, 0.3) is 5.91 Å². The van der Waals surface area contributed by atoms with Gasteiger partial charge in [-0.1, -0.05) is 48.5 Å². The van der Waals surface area contributed by atoms with Crippen LogP contribution in [0.25, 0.3) is 0 Å². The molecule has 4 nitrogen and oxygen atoms in total. The van der Waals surface area contributed by atoms with Crippen molar-refractivity contribution in [3.63, 3.8) is 0 Å². The van der Waals surface area contributed by atoms with E-state index in [0.717, 1.165) is 12.1 Å². The van der Waals surface area contributed by atoms with Crippen LogP contribution in [-0.4, -0.2) is 17.4 Å². The zero-order valence-electron chi connectivity index (χ0n) is 13.3. The van der Waals surface area contributed by atoms with E-state index in [1.807, 2.05) is 48.5 Å². The second kappa shape index (κ2) is 7.92. The lowest BCUT2D eigenvalue weighted by atomic mass is 10.1. The fourth-order valence-corrected chi connectivity index (χ4v) is 2.41. The molecule has 3 aromatic rings. The van der Waals surface area contributed by atoms with Gasteiger partial charge in [0.05, 0.1) is 5.56 Å². The molecule has 120 valence electrons. The summed E-state index contributed by atoms with van der Waals surface area (Å²) < 4.78 is 0. The molecule has 0 unspecified atom stereocenters. The second-order valence-electron chi connectivity index (χ2n) is 5.38. The van der Waals surface area contributed by atoms with E-state index >= 15 is 0 Å². The van der Waals surface area contributed by atoms with E-state index in [1.165, 1.54) is 5.56 Å². The van der Waals surface area contributed by atoms with Gasteiger partial charge in [-0.05, 0) is 36.2 Å². The zero-order chi connectivity index (χ0) is 16.6. The van der Waals surface area contributed by atoms with Crippen LogP contribution in [-0.2, 0) is 6.42 Å². The van der Waals surface area contributed by atoms with E-state index in [0.29, 0.717) is 17.9 Å². The summed E-state index contributed by atoms with van der Waals surface area (Å²) in [4.78, 5) is 16.7. The lowest BCUT2D eigenvalue weighted by Gasteiger charge is -2.11. The molecule has 0 aliphatic heterocycles. The number of nitrogens with one attached hydrogen (secondary N) is 2. The molecule has 2 N–H and O–H groups in total. The molecule has 0 atom stereocenters. The molecule has 1 aromatic heterocycles. The molecule has 3 rings (SSSR count). The zero-order valence-corrected chi connectivity index (χ0v) is 13.3. The van der Waals surface area contributed by atoms with Gasteiger partial charge in [-0.25, -0.2) is 4.98 Å². The molecule has 0 aliphatic carbocycles. The number of carbonyl (C=O) groups excluding carboxylic acids is 1. The van der Waals surface area contributed by atoms with Crippen LogP contribution in [0.5, 0.6) is 0 Å².